The quantitative estimate of drug-likeness (QED) is 0.530. The number of nitrogens with two attached hydrogens (primary N) is 2. The van der Waals surface area contributed by atoms with Crippen LogP contribution < -0.4 is 11.5 Å². The fraction of sp³-hybridized carbons (Fsp3) is 0.714. The third-order valence-electron chi connectivity index (χ3n) is 1.29. The van der Waals surface area contributed by atoms with Crippen molar-refractivity contribution in [2.24, 2.45) is 11.5 Å². The Balaban J connectivity index is 3.63. The van der Waals surface area contributed by atoms with Gasteiger partial charge in [0.2, 0.25) is 5.91 Å². The Bertz CT molecular complexity index is 170. The first-order chi connectivity index (χ1) is 5.57. The maximum absolute atomic E-state index is 10.9. The highest BCUT2D eigenvalue weighted by molar-refractivity contribution is 5.78. The molecule has 0 unspecified atom stereocenters. The Morgan fingerprint density at radius 1 is 1.50 bits per heavy atom. The van der Waals surface area contributed by atoms with Gasteiger partial charge in [0.05, 0.1) is 6.61 Å². The zero-order valence-corrected chi connectivity index (χ0v) is 7.08. The molecule has 4 N–H and O–H groups in total. The molecule has 0 radical (unpaired) electrons. The van der Waals surface area contributed by atoms with Crippen molar-refractivity contribution < 1.29 is 14.3 Å². The maximum Gasteiger partial charge on any atom is 0.322 e. The predicted molar refractivity (Wildman–Crippen MR) is 43.0 cm³/mol. The van der Waals surface area contributed by atoms with Gasteiger partial charge in [-0.05, 0) is 13.3 Å². The highest BCUT2D eigenvalue weighted by atomic mass is 16.5. The van der Waals surface area contributed by atoms with Crippen molar-refractivity contribution in [2.45, 2.75) is 25.8 Å². The number of rotatable bonds is 5. The van der Waals surface area contributed by atoms with E-state index in [1.807, 2.05) is 0 Å². The van der Waals surface area contributed by atoms with E-state index in [0.717, 1.165) is 0 Å². The van der Waals surface area contributed by atoms with Gasteiger partial charge in [0.15, 0.2) is 0 Å². The minimum absolute atomic E-state index is 0.111. The zero-order valence-electron chi connectivity index (χ0n) is 7.08. The second-order valence-electron chi connectivity index (χ2n) is 2.36. The molecular weight excluding hydrogens is 160 g/mol. The largest absolute Gasteiger partial charge is 0.465 e. The molecule has 5 nitrogen and oxygen atoms in total. The molecule has 5 heteroatoms. The first-order valence-electron chi connectivity index (χ1n) is 3.78. The Labute approximate surface area is 71.0 Å². The van der Waals surface area contributed by atoms with Gasteiger partial charge in [-0.25, -0.2) is 0 Å². The van der Waals surface area contributed by atoms with Gasteiger partial charge in [-0.15, -0.1) is 0 Å². The van der Waals surface area contributed by atoms with E-state index >= 15 is 0 Å². The number of amides is 1. The van der Waals surface area contributed by atoms with E-state index < -0.39 is 17.9 Å². The third kappa shape index (κ3) is 4.68. The average Bonchev–Trinajstić information content (AvgIpc) is 2.00. The Morgan fingerprint density at radius 2 is 2.08 bits per heavy atom. The van der Waals surface area contributed by atoms with Crippen molar-refractivity contribution in [2.75, 3.05) is 6.61 Å². The molecule has 0 aromatic heterocycles. The van der Waals surface area contributed by atoms with Crippen LogP contribution in [0.4, 0.5) is 0 Å². The molecule has 0 aromatic carbocycles. The zero-order chi connectivity index (χ0) is 9.56. The molecule has 0 spiro atoms. The van der Waals surface area contributed by atoms with Gasteiger partial charge >= 0.3 is 5.97 Å². The van der Waals surface area contributed by atoms with Crippen LogP contribution in [0.3, 0.4) is 0 Å². The normalized spacial score (nSPS) is 12.2. The van der Waals surface area contributed by atoms with Crippen LogP contribution >= 0.6 is 0 Å². The summed E-state index contributed by atoms with van der Waals surface area (Å²) >= 11 is 0. The number of carbonyl (C=O) groups is 2. The summed E-state index contributed by atoms with van der Waals surface area (Å²) in [6, 6.07) is -0.738. The minimum atomic E-state index is -0.738. The molecule has 0 saturated carbocycles. The summed E-state index contributed by atoms with van der Waals surface area (Å²) in [5.74, 6) is -0.950. The third-order valence-corrected chi connectivity index (χ3v) is 1.29. The average molecular weight is 174 g/mol. The van der Waals surface area contributed by atoms with E-state index in [9.17, 15) is 9.59 Å². The van der Waals surface area contributed by atoms with Crippen molar-refractivity contribution in [3.63, 3.8) is 0 Å². The number of hydrogen-bond donors (Lipinski definition) is 2. The van der Waals surface area contributed by atoms with Crippen molar-refractivity contribution >= 4 is 11.9 Å². The Kier molecular flexibility index (Phi) is 5.03. The fourth-order valence-electron chi connectivity index (χ4n) is 0.665. The smallest absolute Gasteiger partial charge is 0.322 e. The number of ether oxygens (including phenoxy) is 1. The molecule has 0 rings (SSSR count). The van der Waals surface area contributed by atoms with Crippen molar-refractivity contribution in [1.29, 1.82) is 0 Å². The van der Waals surface area contributed by atoms with Crippen molar-refractivity contribution in [3.8, 4) is 0 Å². The standard InChI is InChI=1S/C7H14N2O3/c1-2-12-7(11)5(8)3-4-6(9)10/h5H,2-4,8H2,1H3,(H2,9,10)/t5-/m0/s1. The maximum atomic E-state index is 10.9. The summed E-state index contributed by atoms with van der Waals surface area (Å²) in [4.78, 5) is 21.2. The highest BCUT2D eigenvalue weighted by Crippen LogP contribution is 1.95. The van der Waals surface area contributed by atoms with Crippen LogP contribution in [0.1, 0.15) is 19.8 Å². The summed E-state index contributed by atoms with van der Waals surface area (Å²) in [5, 5.41) is 0. The number of hydrogen-bond acceptors (Lipinski definition) is 4. The molecule has 70 valence electrons. The summed E-state index contributed by atoms with van der Waals surface area (Å²) in [7, 11) is 0. The first-order valence-corrected chi connectivity index (χ1v) is 3.78. The lowest BCUT2D eigenvalue weighted by Gasteiger charge is -2.08. The van der Waals surface area contributed by atoms with E-state index in [2.05, 4.69) is 4.74 Å². The number of esters is 1. The van der Waals surface area contributed by atoms with Gasteiger partial charge in [-0.3, -0.25) is 9.59 Å². The molecule has 0 heterocycles. The van der Waals surface area contributed by atoms with Crippen LogP contribution in [0.15, 0.2) is 0 Å². The summed E-state index contributed by atoms with van der Waals surface area (Å²) in [5.41, 5.74) is 10.2. The molecule has 1 amide bonds. The summed E-state index contributed by atoms with van der Waals surface area (Å²) < 4.78 is 4.62. The van der Waals surface area contributed by atoms with Crippen molar-refractivity contribution in [3.05, 3.63) is 0 Å². The SMILES string of the molecule is CCOC(=O)[C@@H](N)CCC(N)=O. The van der Waals surface area contributed by atoms with Gasteiger partial charge in [0.25, 0.3) is 0 Å². The fourth-order valence-corrected chi connectivity index (χ4v) is 0.665. The van der Waals surface area contributed by atoms with Crippen LogP contribution in [0.25, 0.3) is 0 Å². The van der Waals surface area contributed by atoms with Crippen LogP contribution in [0.2, 0.25) is 0 Å². The lowest BCUT2D eigenvalue weighted by Crippen LogP contribution is -2.33. The summed E-state index contributed by atoms with van der Waals surface area (Å²) in [6.07, 6.45) is 0.355. The van der Waals surface area contributed by atoms with Gasteiger partial charge in [-0.1, -0.05) is 0 Å². The van der Waals surface area contributed by atoms with E-state index in [1.165, 1.54) is 0 Å². The first kappa shape index (κ1) is 10.9. The molecule has 0 aliphatic heterocycles. The molecule has 1 atom stereocenters. The predicted octanol–water partition coefficient (Wildman–Crippen LogP) is -0.858. The molecule has 0 aliphatic rings. The van der Waals surface area contributed by atoms with E-state index in [-0.39, 0.29) is 12.8 Å². The van der Waals surface area contributed by atoms with Crippen LogP contribution in [-0.2, 0) is 14.3 Å². The molecule has 0 aliphatic carbocycles. The topological polar surface area (TPSA) is 95.4 Å². The van der Waals surface area contributed by atoms with E-state index in [1.54, 1.807) is 6.92 Å². The number of carbonyl (C=O) groups excluding carboxylic acids is 2. The van der Waals surface area contributed by atoms with Crippen LogP contribution in [0, 0.1) is 0 Å². The monoisotopic (exact) mass is 174 g/mol. The highest BCUT2D eigenvalue weighted by Gasteiger charge is 2.14. The van der Waals surface area contributed by atoms with Crippen LogP contribution in [0.5, 0.6) is 0 Å². The lowest BCUT2D eigenvalue weighted by molar-refractivity contribution is -0.144. The number of primary amides is 1. The lowest BCUT2D eigenvalue weighted by atomic mass is 10.1. The molecule has 12 heavy (non-hydrogen) atoms. The summed E-state index contributed by atoms with van der Waals surface area (Å²) in [6.45, 7) is 1.99. The molecule has 0 aromatic rings. The van der Waals surface area contributed by atoms with Gasteiger partial charge in [0, 0.05) is 6.42 Å². The Morgan fingerprint density at radius 3 is 2.50 bits per heavy atom. The molecule has 0 fully saturated rings. The van der Waals surface area contributed by atoms with Gasteiger partial charge in [0.1, 0.15) is 6.04 Å². The van der Waals surface area contributed by atoms with Gasteiger partial charge < -0.3 is 16.2 Å². The second kappa shape index (κ2) is 5.54. The van der Waals surface area contributed by atoms with Gasteiger partial charge in [-0.2, -0.15) is 0 Å². The molecule has 0 bridgehead atoms. The van der Waals surface area contributed by atoms with Crippen LogP contribution in [-0.4, -0.2) is 24.5 Å². The van der Waals surface area contributed by atoms with E-state index in [0.29, 0.717) is 6.61 Å². The van der Waals surface area contributed by atoms with E-state index in [4.69, 9.17) is 11.5 Å². The molecular formula is C7H14N2O3. The van der Waals surface area contributed by atoms with Crippen molar-refractivity contribution in [1.82, 2.24) is 0 Å². The minimum Gasteiger partial charge on any atom is -0.465 e. The Hall–Kier alpha value is -1.10. The molecule has 0 saturated heterocycles. The second-order valence-corrected chi connectivity index (χ2v) is 2.36.